The second-order valence-electron chi connectivity index (χ2n) is 7.73. The Bertz CT molecular complexity index is 707. The largest absolute Gasteiger partial charge is 0.491 e. The second-order valence-corrected chi connectivity index (χ2v) is 7.73. The maximum atomic E-state index is 13.1. The predicted molar refractivity (Wildman–Crippen MR) is 128 cm³/mol. The van der Waals surface area contributed by atoms with Gasteiger partial charge in [0.1, 0.15) is 12.4 Å². The zero-order valence-corrected chi connectivity index (χ0v) is 20.7. The van der Waals surface area contributed by atoms with Gasteiger partial charge < -0.3 is 24.4 Å². The molecule has 1 aromatic carbocycles. The van der Waals surface area contributed by atoms with Gasteiger partial charge in [0, 0.05) is 26.2 Å². The molecule has 2 heterocycles. The number of guanidine groups is 1. The van der Waals surface area contributed by atoms with Crippen LogP contribution in [0.5, 0.6) is 5.75 Å². The van der Waals surface area contributed by atoms with Crippen molar-refractivity contribution in [1.29, 1.82) is 0 Å². The van der Waals surface area contributed by atoms with Gasteiger partial charge in [-0.3, -0.25) is 0 Å². The predicted octanol–water partition coefficient (Wildman–Crippen LogP) is 4.33. The lowest BCUT2D eigenvalue weighted by atomic mass is 10.1. The van der Waals surface area contributed by atoms with Crippen molar-refractivity contribution in [3.63, 3.8) is 0 Å². The number of nitrogens with one attached hydrogen (secondary N) is 1. The van der Waals surface area contributed by atoms with E-state index in [0.717, 1.165) is 57.4 Å². The van der Waals surface area contributed by atoms with Crippen molar-refractivity contribution in [2.75, 3.05) is 46.0 Å². The molecule has 0 aliphatic carbocycles. The van der Waals surface area contributed by atoms with Crippen molar-refractivity contribution in [3.05, 3.63) is 29.8 Å². The zero-order valence-electron chi connectivity index (χ0n) is 18.4. The highest BCUT2D eigenvalue weighted by Gasteiger charge is 2.34. The van der Waals surface area contributed by atoms with E-state index >= 15 is 0 Å². The second kappa shape index (κ2) is 13.4. The van der Waals surface area contributed by atoms with E-state index in [-0.39, 0.29) is 55.1 Å². The first-order valence-electron chi connectivity index (χ1n) is 11.0. The summed E-state index contributed by atoms with van der Waals surface area (Å²) in [7, 11) is 0. The molecule has 1 unspecified atom stereocenters. The fraction of sp³-hybridized carbons (Fsp3) is 0.682. The normalized spacial score (nSPS) is 20.2. The third kappa shape index (κ3) is 8.26. The van der Waals surface area contributed by atoms with E-state index in [1.807, 2.05) is 6.92 Å². The maximum absolute atomic E-state index is 13.1. The Kier molecular flexibility index (Phi) is 11.3. The number of hydrogen-bond donors (Lipinski definition) is 1. The Morgan fingerprint density at radius 2 is 1.97 bits per heavy atom. The van der Waals surface area contributed by atoms with Crippen LogP contribution < -0.4 is 10.1 Å². The molecule has 32 heavy (non-hydrogen) atoms. The van der Waals surface area contributed by atoms with Crippen molar-refractivity contribution < 1.29 is 27.4 Å². The Morgan fingerprint density at radius 1 is 1.22 bits per heavy atom. The van der Waals surface area contributed by atoms with Gasteiger partial charge in [-0.2, -0.15) is 13.2 Å². The first-order valence-corrected chi connectivity index (χ1v) is 11.0. The number of para-hydroxylation sites is 1. The fourth-order valence-electron chi connectivity index (χ4n) is 3.81. The molecule has 0 bridgehead atoms. The number of hydrogen-bond acceptors (Lipinski definition) is 4. The number of aliphatic imine (C=N–C) groups is 1. The van der Waals surface area contributed by atoms with E-state index in [1.54, 1.807) is 0 Å². The van der Waals surface area contributed by atoms with Gasteiger partial charge in [-0.1, -0.05) is 12.1 Å². The van der Waals surface area contributed by atoms with Crippen LogP contribution in [0, 0.1) is 0 Å². The number of benzene rings is 1. The Morgan fingerprint density at radius 3 is 2.62 bits per heavy atom. The van der Waals surface area contributed by atoms with Crippen LogP contribution in [0.2, 0.25) is 0 Å². The van der Waals surface area contributed by atoms with Gasteiger partial charge in [0.2, 0.25) is 0 Å². The van der Waals surface area contributed by atoms with E-state index in [4.69, 9.17) is 14.2 Å². The number of alkyl halides is 3. The molecule has 2 aliphatic rings. The van der Waals surface area contributed by atoms with Crippen molar-refractivity contribution in [2.24, 2.45) is 4.99 Å². The zero-order chi connectivity index (χ0) is 22.1. The number of rotatable bonds is 8. The summed E-state index contributed by atoms with van der Waals surface area (Å²) < 4.78 is 56.2. The number of piperidine rings is 1. The molecule has 1 aromatic rings. The van der Waals surface area contributed by atoms with Crippen LogP contribution >= 0.6 is 24.0 Å². The minimum absolute atomic E-state index is 0. The lowest BCUT2D eigenvalue weighted by Gasteiger charge is -2.34. The minimum atomic E-state index is -4.44. The summed E-state index contributed by atoms with van der Waals surface area (Å²) in [6.45, 7) is 6.18. The summed E-state index contributed by atoms with van der Waals surface area (Å²) in [5.74, 6) is 0.590. The molecule has 1 N–H and O–H groups in total. The van der Waals surface area contributed by atoms with Crippen molar-refractivity contribution in [1.82, 2.24) is 10.2 Å². The van der Waals surface area contributed by atoms with E-state index < -0.39 is 11.7 Å². The molecule has 0 spiro atoms. The Balaban J connectivity index is 0.00000363. The van der Waals surface area contributed by atoms with Crippen LogP contribution in [0.25, 0.3) is 0 Å². The van der Waals surface area contributed by atoms with Crippen molar-refractivity contribution >= 4 is 29.9 Å². The van der Waals surface area contributed by atoms with Crippen molar-refractivity contribution in [3.8, 4) is 5.75 Å². The SMILES string of the molecule is CCNC(=NCCOc1ccccc1C(F)(F)F)N1CCC(OCC2CCCO2)CC1.I. The maximum Gasteiger partial charge on any atom is 0.419 e. The molecule has 6 nitrogen and oxygen atoms in total. The average Bonchev–Trinajstić information content (AvgIpc) is 3.28. The molecular weight excluding hydrogens is 538 g/mol. The smallest absolute Gasteiger partial charge is 0.419 e. The number of halogens is 4. The van der Waals surface area contributed by atoms with Crippen molar-refractivity contribution in [2.45, 2.75) is 51.0 Å². The number of nitrogens with zero attached hydrogens (tertiary/aromatic N) is 2. The molecule has 0 amide bonds. The molecule has 182 valence electrons. The first-order chi connectivity index (χ1) is 15.0. The van der Waals surface area contributed by atoms with Gasteiger partial charge in [0.15, 0.2) is 5.96 Å². The molecule has 2 aliphatic heterocycles. The Labute approximate surface area is 204 Å². The van der Waals surface area contributed by atoms with Crippen LogP contribution in [0.15, 0.2) is 29.3 Å². The van der Waals surface area contributed by atoms with Gasteiger partial charge in [0.25, 0.3) is 0 Å². The lowest BCUT2D eigenvalue weighted by Crippen LogP contribution is -2.47. The van der Waals surface area contributed by atoms with Crippen LogP contribution in [0.3, 0.4) is 0 Å². The molecule has 1 atom stereocenters. The van der Waals surface area contributed by atoms with Crippen LogP contribution in [-0.2, 0) is 15.7 Å². The minimum Gasteiger partial charge on any atom is -0.491 e. The highest BCUT2D eigenvalue weighted by atomic mass is 127. The molecular formula is C22H33F3IN3O3. The molecule has 2 saturated heterocycles. The summed E-state index contributed by atoms with van der Waals surface area (Å²) in [5, 5.41) is 3.26. The highest BCUT2D eigenvalue weighted by molar-refractivity contribution is 14.0. The van der Waals surface area contributed by atoms with Gasteiger partial charge in [-0.05, 0) is 44.7 Å². The topological polar surface area (TPSA) is 55.3 Å². The third-order valence-corrected chi connectivity index (χ3v) is 5.42. The van der Waals surface area contributed by atoms with Crippen LogP contribution in [-0.4, -0.2) is 69.1 Å². The van der Waals surface area contributed by atoms with Gasteiger partial charge in [-0.25, -0.2) is 4.99 Å². The van der Waals surface area contributed by atoms with Gasteiger partial charge in [0.05, 0.1) is 30.9 Å². The molecule has 0 aromatic heterocycles. The number of ether oxygens (including phenoxy) is 3. The Hall–Kier alpha value is -1.27. The summed E-state index contributed by atoms with van der Waals surface area (Å²) in [4.78, 5) is 6.71. The average molecular weight is 571 g/mol. The quantitative estimate of drug-likeness (QED) is 0.218. The van der Waals surface area contributed by atoms with E-state index in [0.29, 0.717) is 13.2 Å². The summed E-state index contributed by atoms with van der Waals surface area (Å²) in [6, 6.07) is 5.24. The molecule has 2 fully saturated rings. The molecule has 0 saturated carbocycles. The molecule has 10 heteroatoms. The van der Waals surface area contributed by atoms with E-state index in [2.05, 4.69) is 15.2 Å². The summed E-state index contributed by atoms with van der Waals surface area (Å²) in [5.41, 5.74) is -0.768. The first kappa shape index (κ1) is 27.0. The molecule has 3 rings (SSSR count). The van der Waals surface area contributed by atoms with Crippen LogP contribution in [0.1, 0.15) is 38.2 Å². The lowest BCUT2D eigenvalue weighted by molar-refractivity contribution is -0.138. The monoisotopic (exact) mass is 571 g/mol. The van der Waals surface area contributed by atoms with E-state index in [1.165, 1.54) is 18.2 Å². The van der Waals surface area contributed by atoms with Crippen LogP contribution in [0.4, 0.5) is 13.2 Å². The molecule has 0 radical (unpaired) electrons. The summed E-state index contributed by atoms with van der Waals surface area (Å²) in [6.07, 6.45) is 0.0287. The van der Waals surface area contributed by atoms with Gasteiger partial charge >= 0.3 is 6.18 Å². The fourth-order valence-corrected chi connectivity index (χ4v) is 3.81. The van der Waals surface area contributed by atoms with E-state index in [9.17, 15) is 13.2 Å². The van der Waals surface area contributed by atoms with Gasteiger partial charge in [-0.15, -0.1) is 24.0 Å². The highest BCUT2D eigenvalue weighted by Crippen LogP contribution is 2.35. The summed E-state index contributed by atoms with van der Waals surface area (Å²) >= 11 is 0. The third-order valence-electron chi connectivity index (χ3n) is 5.42. The number of likely N-dealkylation sites (tertiary alicyclic amines) is 1. The standard InChI is InChI=1S/C22H32F3N3O3.HI/c1-2-26-21(27-11-15-30-20-8-4-3-7-19(20)22(23,24)25)28-12-9-17(10-13-28)31-16-18-6-5-14-29-18;/h3-4,7-8,17-18H,2,5-6,9-16H2,1H3,(H,26,27);1H.